The Morgan fingerprint density at radius 1 is 1.28 bits per heavy atom. The van der Waals surface area contributed by atoms with Crippen molar-refractivity contribution in [3.63, 3.8) is 0 Å². The molecule has 2 rings (SSSR count). The standard InChI is InChI=1S/C13H15BrN2OS/c1-6-5-7(2)9(10(17-4)8(6)3)13-16-12(15)11(14)18-13/h5H,15H2,1-4H3. The number of benzene rings is 1. The van der Waals surface area contributed by atoms with Gasteiger partial charge in [-0.3, -0.25) is 0 Å². The number of hydrogen-bond donors (Lipinski definition) is 1. The number of nitrogens with zero attached hydrogens (tertiary/aromatic N) is 1. The molecular weight excluding hydrogens is 312 g/mol. The summed E-state index contributed by atoms with van der Waals surface area (Å²) in [6.07, 6.45) is 0. The SMILES string of the molecule is COc1c(C)c(C)cc(C)c1-c1nc(N)c(Br)s1. The third kappa shape index (κ3) is 2.12. The number of ether oxygens (including phenoxy) is 1. The van der Waals surface area contributed by atoms with Gasteiger partial charge >= 0.3 is 0 Å². The predicted octanol–water partition coefficient (Wildman–Crippen LogP) is 4.09. The van der Waals surface area contributed by atoms with Gasteiger partial charge in [0, 0.05) is 0 Å². The largest absolute Gasteiger partial charge is 0.496 e. The predicted molar refractivity (Wildman–Crippen MR) is 80.4 cm³/mol. The van der Waals surface area contributed by atoms with Gasteiger partial charge in [-0.15, -0.1) is 11.3 Å². The molecule has 96 valence electrons. The van der Waals surface area contributed by atoms with Crippen LogP contribution in [0.15, 0.2) is 9.85 Å². The highest BCUT2D eigenvalue weighted by molar-refractivity contribution is 9.11. The van der Waals surface area contributed by atoms with Gasteiger partial charge in [0.2, 0.25) is 0 Å². The second-order valence-corrected chi connectivity index (χ2v) is 6.54. The Hall–Kier alpha value is -1.07. The van der Waals surface area contributed by atoms with Crippen molar-refractivity contribution < 1.29 is 4.74 Å². The molecule has 5 heteroatoms. The Bertz CT molecular complexity index is 588. The molecule has 3 nitrogen and oxygen atoms in total. The zero-order chi connectivity index (χ0) is 13.4. The van der Waals surface area contributed by atoms with E-state index in [0.717, 1.165) is 31.2 Å². The minimum Gasteiger partial charge on any atom is -0.496 e. The number of nitrogen functional groups attached to an aromatic ring is 1. The second-order valence-electron chi connectivity index (χ2n) is 4.22. The van der Waals surface area contributed by atoms with Gasteiger partial charge in [0.25, 0.3) is 0 Å². The zero-order valence-corrected chi connectivity index (χ0v) is 13.2. The highest BCUT2D eigenvalue weighted by atomic mass is 79.9. The molecule has 0 saturated carbocycles. The van der Waals surface area contributed by atoms with Crippen LogP contribution < -0.4 is 10.5 Å². The summed E-state index contributed by atoms with van der Waals surface area (Å²) in [6, 6.07) is 2.15. The monoisotopic (exact) mass is 326 g/mol. The number of anilines is 1. The number of rotatable bonds is 2. The van der Waals surface area contributed by atoms with Crippen molar-refractivity contribution in [2.24, 2.45) is 0 Å². The molecule has 0 atom stereocenters. The van der Waals surface area contributed by atoms with Crippen molar-refractivity contribution >= 4 is 33.1 Å². The van der Waals surface area contributed by atoms with Crippen LogP contribution in [0.25, 0.3) is 10.6 Å². The van der Waals surface area contributed by atoms with Crippen molar-refractivity contribution in [1.29, 1.82) is 0 Å². The van der Waals surface area contributed by atoms with Crippen LogP contribution in [0.3, 0.4) is 0 Å². The first-order valence-corrected chi connectivity index (χ1v) is 7.13. The molecule has 0 aliphatic heterocycles. The summed E-state index contributed by atoms with van der Waals surface area (Å²) in [4.78, 5) is 4.39. The summed E-state index contributed by atoms with van der Waals surface area (Å²) >= 11 is 4.93. The zero-order valence-electron chi connectivity index (χ0n) is 10.8. The number of nitrogens with two attached hydrogens (primary N) is 1. The maximum atomic E-state index is 5.80. The van der Waals surface area contributed by atoms with Gasteiger partial charge in [-0.25, -0.2) is 4.98 Å². The summed E-state index contributed by atoms with van der Waals surface area (Å²) < 4.78 is 6.41. The van der Waals surface area contributed by atoms with Gasteiger partial charge < -0.3 is 10.5 Å². The van der Waals surface area contributed by atoms with E-state index in [1.54, 1.807) is 7.11 Å². The summed E-state index contributed by atoms with van der Waals surface area (Å²) in [5.41, 5.74) is 10.3. The van der Waals surface area contributed by atoms with Gasteiger partial charge in [0.15, 0.2) is 0 Å². The van der Waals surface area contributed by atoms with Crippen LogP contribution in [-0.4, -0.2) is 12.1 Å². The first-order chi connectivity index (χ1) is 8.45. The van der Waals surface area contributed by atoms with Crippen LogP contribution in [0.1, 0.15) is 16.7 Å². The first kappa shape index (κ1) is 13.4. The molecule has 0 aliphatic rings. The average Bonchev–Trinajstić information content (AvgIpc) is 2.63. The fraction of sp³-hybridized carbons (Fsp3) is 0.308. The maximum absolute atomic E-state index is 5.80. The van der Waals surface area contributed by atoms with Crippen molar-refractivity contribution in [3.05, 3.63) is 26.5 Å². The van der Waals surface area contributed by atoms with Crippen molar-refractivity contribution in [1.82, 2.24) is 4.98 Å². The summed E-state index contributed by atoms with van der Waals surface area (Å²) in [5, 5.41) is 0.886. The third-order valence-electron chi connectivity index (χ3n) is 3.01. The molecule has 0 amide bonds. The first-order valence-electron chi connectivity index (χ1n) is 5.52. The van der Waals surface area contributed by atoms with Crippen LogP contribution in [0.2, 0.25) is 0 Å². The van der Waals surface area contributed by atoms with E-state index in [2.05, 4.69) is 47.8 Å². The van der Waals surface area contributed by atoms with Crippen molar-refractivity contribution in [3.8, 4) is 16.3 Å². The lowest BCUT2D eigenvalue weighted by molar-refractivity contribution is 0.412. The van der Waals surface area contributed by atoms with E-state index in [-0.39, 0.29) is 0 Å². The Labute approximate surface area is 119 Å². The molecule has 0 spiro atoms. The van der Waals surface area contributed by atoms with E-state index in [9.17, 15) is 0 Å². The minimum absolute atomic E-state index is 0.523. The third-order valence-corrected chi connectivity index (χ3v) is 4.78. The number of aryl methyl sites for hydroxylation is 2. The number of hydrogen-bond acceptors (Lipinski definition) is 4. The van der Waals surface area contributed by atoms with Crippen LogP contribution in [-0.2, 0) is 0 Å². The molecule has 2 aromatic rings. The molecule has 18 heavy (non-hydrogen) atoms. The minimum atomic E-state index is 0.523. The summed E-state index contributed by atoms with van der Waals surface area (Å²) in [7, 11) is 1.69. The lowest BCUT2D eigenvalue weighted by Gasteiger charge is -2.14. The van der Waals surface area contributed by atoms with Crippen molar-refractivity contribution in [2.75, 3.05) is 12.8 Å². The quantitative estimate of drug-likeness (QED) is 0.904. The molecular formula is C13H15BrN2OS. The topological polar surface area (TPSA) is 48.1 Å². The molecule has 0 aliphatic carbocycles. The van der Waals surface area contributed by atoms with Gasteiger partial charge in [0.1, 0.15) is 20.4 Å². The van der Waals surface area contributed by atoms with E-state index in [1.165, 1.54) is 16.9 Å². The van der Waals surface area contributed by atoms with E-state index >= 15 is 0 Å². The Morgan fingerprint density at radius 3 is 2.44 bits per heavy atom. The highest BCUT2D eigenvalue weighted by Gasteiger charge is 2.18. The molecule has 0 radical (unpaired) electrons. The smallest absolute Gasteiger partial charge is 0.149 e. The van der Waals surface area contributed by atoms with Gasteiger partial charge in [-0.05, 0) is 53.4 Å². The fourth-order valence-corrected chi connectivity index (χ4v) is 3.36. The Balaban J connectivity index is 2.74. The van der Waals surface area contributed by atoms with E-state index in [1.807, 2.05) is 0 Å². The number of halogens is 1. The van der Waals surface area contributed by atoms with Crippen molar-refractivity contribution in [2.45, 2.75) is 20.8 Å². The number of aromatic nitrogens is 1. The molecule has 1 aromatic carbocycles. The molecule has 0 unspecified atom stereocenters. The molecule has 1 aromatic heterocycles. The second kappa shape index (κ2) is 4.90. The summed E-state index contributed by atoms with van der Waals surface area (Å²) in [5.74, 6) is 1.41. The van der Waals surface area contributed by atoms with Crippen LogP contribution in [0.4, 0.5) is 5.82 Å². The molecule has 1 heterocycles. The van der Waals surface area contributed by atoms with Crippen LogP contribution >= 0.6 is 27.3 Å². The fourth-order valence-electron chi connectivity index (χ4n) is 1.99. The molecule has 0 bridgehead atoms. The van der Waals surface area contributed by atoms with Crippen LogP contribution in [0, 0.1) is 20.8 Å². The van der Waals surface area contributed by atoms with E-state index in [0.29, 0.717) is 5.82 Å². The van der Waals surface area contributed by atoms with Gasteiger partial charge in [-0.2, -0.15) is 0 Å². The number of thiazole rings is 1. The van der Waals surface area contributed by atoms with E-state index in [4.69, 9.17) is 10.5 Å². The van der Waals surface area contributed by atoms with Crippen LogP contribution in [0.5, 0.6) is 5.75 Å². The lowest BCUT2D eigenvalue weighted by atomic mass is 9.99. The maximum Gasteiger partial charge on any atom is 0.149 e. The number of methoxy groups -OCH3 is 1. The highest BCUT2D eigenvalue weighted by Crippen LogP contribution is 2.42. The molecule has 0 saturated heterocycles. The Morgan fingerprint density at radius 2 is 1.94 bits per heavy atom. The summed E-state index contributed by atoms with van der Waals surface area (Å²) in [6.45, 7) is 6.21. The lowest BCUT2D eigenvalue weighted by Crippen LogP contribution is -1.97. The Kier molecular flexibility index (Phi) is 3.64. The normalized spacial score (nSPS) is 10.7. The van der Waals surface area contributed by atoms with E-state index < -0.39 is 0 Å². The van der Waals surface area contributed by atoms with Gasteiger partial charge in [-0.1, -0.05) is 6.07 Å². The average molecular weight is 327 g/mol. The molecule has 0 fully saturated rings. The molecule has 2 N–H and O–H groups in total. The van der Waals surface area contributed by atoms with Gasteiger partial charge in [0.05, 0.1) is 12.7 Å².